The number of hydrogen-bond acceptors (Lipinski definition) is 4. The molecule has 1 aliphatic heterocycles. The molecule has 1 radical (unpaired) electrons. The summed E-state index contributed by atoms with van der Waals surface area (Å²) in [5, 5.41) is 16.6. The molecule has 7 nitrogen and oxygen atoms in total. The van der Waals surface area contributed by atoms with Crippen LogP contribution in [0.25, 0.3) is 0 Å². The second kappa shape index (κ2) is 10.8. The lowest BCUT2D eigenvalue weighted by Gasteiger charge is -2.27. The van der Waals surface area contributed by atoms with Crippen LogP contribution in [0, 0.1) is 6.42 Å². The van der Waals surface area contributed by atoms with Crippen LogP contribution in [-0.4, -0.2) is 22.9 Å². The second-order valence-corrected chi connectivity index (χ2v) is 9.35. The van der Waals surface area contributed by atoms with Gasteiger partial charge in [0.25, 0.3) is 0 Å². The maximum Gasteiger partial charge on any atom is 0.342 e. The minimum atomic E-state index is -1.41. The predicted octanol–water partition coefficient (Wildman–Crippen LogP) is 2.67. The molecular weight excluding hydrogens is 426 g/mol. The van der Waals surface area contributed by atoms with Crippen molar-refractivity contribution in [1.82, 2.24) is 10.6 Å². The van der Waals surface area contributed by atoms with Crippen molar-refractivity contribution in [2.45, 2.75) is 25.3 Å². The smallest absolute Gasteiger partial charge is 0.342 e. The van der Waals surface area contributed by atoms with E-state index in [4.69, 9.17) is 5.73 Å². The van der Waals surface area contributed by atoms with E-state index in [9.17, 15) is 19.5 Å². The number of carboxylic acid groups (broad SMARTS) is 1. The van der Waals surface area contributed by atoms with Crippen LogP contribution in [0.3, 0.4) is 0 Å². The Kier molecular flexibility index (Phi) is 7.86. The molecule has 0 saturated heterocycles. The van der Waals surface area contributed by atoms with Gasteiger partial charge in [-0.1, -0.05) is 54.6 Å². The summed E-state index contributed by atoms with van der Waals surface area (Å²) in [6, 6.07) is 16.9. The van der Waals surface area contributed by atoms with Gasteiger partial charge in [-0.05, 0) is 28.2 Å². The van der Waals surface area contributed by atoms with Crippen molar-refractivity contribution >= 4 is 28.7 Å². The van der Waals surface area contributed by atoms with E-state index in [2.05, 4.69) is 10.6 Å². The summed E-state index contributed by atoms with van der Waals surface area (Å²) in [5.74, 6) is -1.76. The third-order valence-corrected chi connectivity index (χ3v) is 7.37. The van der Waals surface area contributed by atoms with E-state index in [-0.39, 0.29) is 22.4 Å². The molecule has 0 bridgehead atoms. The molecule has 167 valence electrons. The standard InChI is InChI=1S/C24H26N3O4S/c1-16(28)27-20-11-12-32(23(20)24(30)31)21(19-5-3-2-4-6-19)13-22(29)26-15-18-9-7-17(14-25)8-10-18/h2-13,21,32H,14-15,25H2,1H3,(H,26,29)(H,27,28)(H,30,31)/t21-/m1/s1. The quantitative estimate of drug-likeness (QED) is 0.375. The highest BCUT2D eigenvalue weighted by Crippen LogP contribution is 2.55. The second-order valence-electron chi connectivity index (χ2n) is 7.23. The number of benzene rings is 2. The largest absolute Gasteiger partial charge is 0.477 e. The monoisotopic (exact) mass is 452 g/mol. The molecule has 3 rings (SSSR count). The summed E-state index contributed by atoms with van der Waals surface area (Å²) in [5.41, 5.74) is 8.66. The van der Waals surface area contributed by atoms with Crippen LogP contribution in [0.1, 0.15) is 28.9 Å². The first-order valence-electron chi connectivity index (χ1n) is 10.1. The van der Waals surface area contributed by atoms with Gasteiger partial charge < -0.3 is 21.5 Å². The first-order valence-corrected chi connectivity index (χ1v) is 11.5. The molecule has 1 unspecified atom stereocenters. The molecule has 2 aromatic rings. The topological polar surface area (TPSA) is 122 Å². The molecule has 0 fully saturated rings. The Morgan fingerprint density at radius 1 is 1.06 bits per heavy atom. The fourth-order valence-corrected chi connectivity index (χ4v) is 5.71. The third kappa shape index (κ3) is 5.87. The maximum absolute atomic E-state index is 12.8. The van der Waals surface area contributed by atoms with Gasteiger partial charge in [-0.2, -0.15) is 10.9 Å². The Labute approximate surface area is 189 Å². The number of aliphatic carboxylic acids is 1. The number of nitrogens with one attached hydrogen (secondary N) is 2. The van der Waals surface area contributed by atoms with E-state index in [0.717, 1.165) is 16.7 Å². The summed E-state index contributed by atoms with van der Waals surface area (Å²) >= 11 is 0. The molecule has 1 heterocycles. The molecule has 1 aliphatic rings. The molecule has 2 amide bonds. The SMILES string of the molecule is CC(=O)NC1=C(C(=O)O)[SH]([C@H]([CH]C(=O)NCc2ccc(CN)cc2)c2ccccc2)C=C1. The Bertz CT molecular complexity index is 1050. The first kappa shape index (κ1) is 23.3. The number of nitrogens with two attached hydrogens (primary N) is 1. The predicted molar refractivity (Wildman–Crippen MR) is 126 cm³/mol. The molecule has 0 spiro atoms. The van der Waals surface area contributed by atoms with Crippen molar-refractivity contribution in [1.29, 1.82) is 0 Å². The molecule has 5 N–H and O–H groups in total. The summed E-state index contributed by atoms with van der Waals surface area (Å²) in [6.45, 7) is 2.12. The third-order valence-electron chi connectivity index (χ3n) is 4.90. The molecular formula is C24H26N3O4S. The molecule has 32 heavy (non-hydrogen) atoms. The highest BCUT2D eigenvalue weighted by atomic mass is 32.2. The lowest BCUT2D eigenvalue weighted by molar-refractivity contribution is -0.131. The van der Waals surface area contributed by atoms with Gasteiger partial charge in [-0.3, -0.25) is 9.59 Å². The van der Waals surface area contributed by atoms with Crippen LogP contribution >= 0.6 is 10.9 Å². The highest BCUT2D eigenvalue weighted by Gasteiger charge is 2.32. The van der Waals surface area contributed by atoms with Crippen LogP contribution in [-0.2, 0) is 27.5 Å². The Balaban J connectivity index is 1.80. The summed E-state index contributed by atoms with van der Waals surface area (Å²) in [7, 11) is -1.41. The first-order chi connectivity index (χ1) is 15.4. The van der Waals surface area contributed by atoms with Crippen molar-refractivity contribution in [2.75, 3.05) is 0 Å². The fourth-order valence-electron chi connectivity index (χ4n) is 3.37. The zero-order valence-electron chi connectivity index (χ0n) is 17.6. The number of rotatable bonds is 9. The molecule has 0 saturated carbocycles. The van der Waals surface area contributed by atoms with Gasteiger partial charge >= 0.3 is 5.97 Å². The van der Waals surface area contributed by atoms with Crippen molar-refractivity contribution in [3.8, 4) is 0 Å². The normalized spacial score (nSPS) is 17.1. The van der Waals surface area contributed by atoms with Crippen molar-refractivity contribution in [3.05, 3.63) is 99.8 Å². The van der Waals surface area contributed by atoms with Crippen LogP contribution in [0.4, 0.5) is 0 Å². The lowest BCUT2D eigenvalue weighted by atomic mass is 10.1. The zero-order valence-corrected chi connectivity index (χ0v) is 18.5. The Hall–Kier alpha value is -3.36. The molecule has 0 aromatic heterocycles. The van der Waals surface area contributed by atoms with Crippen molar-refractivity contribution in [2.24, 2.45) is 5.73 Å². The zero-order chi connectivity index (χ0) is 23.1. The minimum absolute atomic E-state index is 0.116. The van der Waals surface area contributed by atoms with E-state index in [0.29, 0.717) is 13.1 Å². The average Bonchev–Trinajstić information content (AvgIpc) is 3.19. The van der Waals surface area contributed by atoms with Gasteiger partial charge in [0.1, 0.15) is 4.91 Å². The van der Waals surface area contributed by atoms with Crippen LogP contribution < -0.4 is 16.4 Å². The van der Waals surface area contributed by atoms with E-state index in [1.165, 1.54) is 13.3 Å². The lowest BCUT2D eigenvalue weighted by Crippen LogP contribution is -2.26. The van der Waals surface area contributed by atoms with E-state index < -0.39 is 22.1 Å². The number of amides is 2. The number of thiol groups is 1. The van der Waals surface area contributed by atoms with Gasteiger partial charge in [-0.15, -0.1) is 0 Å². The van der Waals surface area contributed by atoms with Gasteiger partial charge in [0.05, 0.1) is 12.1 Å². The van der Waals surface area contributed by atoms with E-state index >= 15 is 0 Å². The van der Waals surface area contributed by atoms with Crippen LogP contribution in [0.15, 0.2) is 76.7 Å². The minimum Gasteiger partial charge on any atom is -0.477 e. The van der Waals surface area contributed by atoms with Crippen molar-refractivity contribution < 1.29 is 19.5 Å². The number of carboxylic acids is 1. The van der Waals surface area contributed by atoms with E-state index in [1.54, 1.807) is 11.5 Å². The van der Waals surface area contributed by atoms with E-state index in [1.807, 2.05) is 54.6 Å². The summed E-state index contributed by atoms with van der Waals surface area (Å²) in [4.78, 5) is 36.4. The van der Waals surface area contributed by atoms with Gasteiger partial charge in [0, 0.05) is 25.3 Å². The molecule has 2 aromatic carbocycles. The summed E-state index contributed by atoms with van der Waals surface area (Å²) in [6.07, 6.45) is 3.14. The number of carbonyl (C=O) groups excluding carboxylic acids is 2. The molecule has 2 atom stereocenters. The fraction of sp³-hybridized carbons (Fsp3) is 0.167. The number of allylic oxidation sites excluding steroid dienone is 1. The molecule has 0 aliphatic carbocycles. The maximum atomic E-state index is 12.8. The van der Waals surface area contributed by atoms with Crippen LogP contribution in [0.2, 0.25) is 0 Å². The number of carbonyl (C=O) groups is 3. The van der Waals surface area contributed by atoms with Gasteiger partial charge in [0.15, 0.2) is 0 Å². The van der Waals surface area contributed by atoms with Crippen LogP contribution in [0.5, 0.6) is 0 Å². The Morgan fingerprint density at radius 2 is 1.72 bits per heavy atom. The van der Waals surface area contributed by atoms with Gasteiger partial charge in [-0.25, -0.2) is 4.79 Å². The summed E-state index contributed by atoms with van der Waals surface area (Å²) < 4.78 is 0. The van der Waals surface area contributed by atoms with Crippen molar-refractivity contribution in [3.63, 3.8) is 0 Å². The number of hydrogen-bond donors (Lipinski definition) is 5. The Morgan fingerprint density at radius 3 is 2.31 bits per heavy atom. The average molecular weight is 453 g/mol. The molecule has 8 heteroatoms. The van der Waals surface area contributed by atoms with Gasteiger partial charge in [0.2, 0.25) is 11.8 Å². The highest BCUT2D eigenvalue weighted by molar-refractivity contribution is 8.24.